The summed E-state index contributed by atoms with van der Waals surface area (Å²) >= 11 is 6.17. The van der Waals surface area contributed by atoms with Crippen molar-refractivity contribution < 1.29 is 19.1 Å². The Morgan fingerprint density at radius 3 is 2.61 bits per heavy atom. The largest absolute Gasteiger partial charge is 0.497 e. The molecule has 192 valence electrons. The number of nitrogens with zero attached hydrogens (tertiary/aromatic N) is 2. The van der Waals surface area contributed by atoms with Crippen LogP contribution in [0.15, 0.2) is 66.7 Å². The number of amides is 4. The van der Waals surface area contributed by atoms with E-state index in [2.05, 4.69) is 10.3 Å². The molecular formula is C29H25ClN4O4. The van der Waals surface area contributed by atoms with Crippen LogP contribution in [0.1, 0.15) is 34.1 Å². The predicted molar refractivity (Wildman–Crippen MR) is 145 cm³/mol. The van der Waals surface area contributed by atoms with Crippen molar-refractivity contribution in [1.82, 2.24) is 15.2 Å². The maximum atomic E-state index is 13.9. The molecule has 4 amide bonds. The highest BCUT2D eigenvalue weighted by Crippen LogP contribution is 2.45. The van der Waals surface area contributed by atoms with Gasteiger partial charge in [0, 0.05) is 34.6 Å². The number of nitrogens with one attached hydrogen (secondary N) is 2. The topological polar surface area (TPSA) is 94.7 Å². The first-order chi connectivity index (χ1) is 18.3. The van der Waals surface area contributed by atoms with E-state index >= 15 is 0 Å². The molecule has 0 aliphatic carbocycles. The minimum absolute atomic E-state index is 0.280. The van der Waals surface area contributed by atoms with Gasteiger partial charge in [0.1, 0.15) is 5.75 Å². The summed E-state index contributed by atoms with van der Waals surface area (Å²) in [4.78, 5) is 46.3. The van der Waals surface area contributed by atoms with Gasteiger partial charge in [-0.15, -0.1) is 0 Å². The Bertz CT molecular complexity index is 1610. The fourth-order valence-electron chi connectivity index (χ4n) is 5.45. The lowest BCUT2D eigenvalue weighted by Gasteiger charge is -2.35. The SMILES string of the molecule is COc1ccc2[nH]c3c(c2c1)CCN1C(=O)N(c2ccc(C(=O)NCc4ccccc4Cl)cc2)C(=O)C31C. The number of carbonyl (C=O) groups is 3. The Labute approximate surface area is 224 Å². The van der Waals surface area contributed by atoms with Gasteiger partial charge >= 0.3 is 6.03 Å². The maximum absolute atomic E-state index is 13.9. The summed E-state index contributed by atoms with van der Waals surface area (Å²) in [6, 6.07) is 19.1. The summed E-state index contributed by atoms with van der Waals surface area (Å²) in [7, 11) is 1.62. The number of ether oxygens (including phenoxy) is 1. The number of halogens is 1. The van der Waals surface area contributed by atoms with Crippen molar-refractivity contribution in [3.8, 4) is 5.75 Å². The molecule has 0 spiro atoms. The monoisotopic (exact) mass is 528 g/mol. The quantitative estimate of drug-likeness (QED) is 0.356. The number of rotatable bonds is 5. The second-order valence-corrected chi connectivity index (χ2v) is 10.0. The van der Waals surface area contributed by atoms with E-state index in [0.717, 1.165) is 33.5 Å². The highest BCUT2D eigenvalue weighted by atomic mass is 35.5. The third-order valence-electron chi connectivity index (χ3n) is 7.55. The molecule has 1 saturated heterocycles. The van der Waals surface area contributed by atoms with Crippen LogP contribution in [-0.4, -0.2) is 41.4 Å². The molecule has 9 heteroatoms. The van der Waals surface area contributed by atoms with Gasteiger partial charge in [0.25, 0.3) is 11.8 Å². The normalized spacial score (nSPS) is 18.5. The number of fused-ring (bicyclic) bond motifs is 5. The van der Waals surface area contributed by atoms with Crippen molar-refractivity contribution in [1.29, 1.82) is 0 Å². The molecule has 8 nitrogen and oxygen atoms in total. The van der Waals surface area contributed by atoms with E-state index in [4.69, 9.17) is 16.3 Å². The first-order valence-electron chi connectivity index (χ1n) is 12.3. The van der Waals surface area contributed by atoms with Crippen LogP contribution in [0.5, 0.6) is 5.75 Å². The zero-order chi connectivity index (χ0) is 26.6. The van der Waals surface area contributed by atoms with Crippen molar-refractivity contribution in [3.05, 3.63) is 94.1 Å². The molecular weight excluding hydrogens is 504 g/mol. The first kappa shape index (κ1) is 24.1. The van der Waals surface area contributed by atoms with Crippen molar-refractivity contribution >= 4 is 46.0 Å². The number of urea groups is 1. The molecule has 1 unspecified atom stereocenters. The van der Waals surface area contributed by atoms with Gasteiger partial charge in [-0.2, -0.15) is 0 Å². The van der Waals surface area contributed by atoms with Gasteiger partial charge in [0.05, 0.1) is 18.5 Å². The van der Waals surface area contributed by atoms with Crippen LogP contribution in [-0.2, 0) is 23.3 Å². The maximum Gasteiger partial charge on any atom is 0.332 e. The lowest BCUT2D eigenvalue weighted by Crippen LogP contribution is -2.49. The Morgan fingerprint density at radius 2 is 1.87 bits per heavy atom. The lowest BCUT2D eigenvalue weighted by atomic mass is 9.87. The highest BCUT2D eigenvalue weighted by molar-refractivity contribution is 6.31. The van der Waals surface area contributed by atoms with Crippen LogP contribution in [0, 0.1) is 0 Å². The van der Waals surface area contributed by atoms with E-state index < -0.39 is 5.54 Å². The summed E-state index contributed by atoms with van der Waals surface area (Å²) < 4.78 is 5.39. The van der Waals surface area contributed by atoms with Gasteiger partial charge in [-0.1, -0.05) is 29.8 Å². The standard InChI is InChI=1S/C29H25ClN4O4/c1-29-25-21(22-15-20(38-2)11-12-24(22)32-25)13-14-33(29)28(37)34(27(29)36)19-9-7-17(8-10-19)26(35)31-16-18-5-3-4-6-23(18)30/h3-12,15,32H,13-14,16H2,1-2H3,(H,31,35). The molecule has 1 atom stereocenters. The zero-order valence-corrected chi connectivity index (χ0v) is 21.6. The number of imide groups is 1. The van der Waals surface area contributed by atoms with Gasteiger partial charge in [-0.05, 0) is 73.0 Å². The Balaban J connectivity index is 1.27. The number of H-pyrrole nitrogens is 1. The molecule has 1 aromatic heterocycles. The predicted octanol–water partition coefficient (Wildman–Crippen LogP) is 5.00. The van der Waals surface area contributed by atoms with Gasteiger partial charge in [-0.25, -0.2) is 9.69 Å². The average molecular weight is 529 g/mol. The number of hydrogen-bond acceptors (Lipinski definition) is 4. The minimum atomic E-state index is -1.16. The molecule has 0 bridgehead atoms. The van der Waals surface area contributed by atoms with E-state index in [1.54, 1.807) is 49.3 Å². The zero-order valence-electron chi connectivity index (χ0n) is 20.9. The van der Waals surface area contributed by atoms with Crippen LogP contribution in [0.4, 0.5) is 10.5 Å². The second-order valence-electron chi connectivity index (χ2n) is 9.61. The number of carbonyl (C=O) groups excluding carboxylic acids is 3. The van der Waals surface area contributed by atoms with Crippen LogP contribution in [0.3, 0.4) is 0 Å². The van der Waals surface area contributed by atoms with E-state index in [-0.39, 0.29) is 24.4 Å². The van der Waals surface area contributed by atoms with Gasteiger partial charge in [0.15, 0.2) is 5.54 Å². The number of aromatic nitrogens is 1. The molecule has 1 fully saturated rings. The molecule has 0 saturated carbocycles. The van der Waals surface area contributed by atoms with E-state index in [1.165, 1.54) is 4.90 Å². The van der Waals surface area contributed by atoms with Crippen molar-refractivity contribution in [2.45, 2.75) is 25.4 Å². The van der Waals surface area contributed by atoms with Crippen LogP contribution in [0.25, 0.3) is 10.9 Å². The fraction of sp³-hybridized carbons (Fsp3) is 0.207. The van der Waals surface area contributed by atoms with Gasteiger partial charge < -0.3 is 19.9 Å². The summed E-state index contributed by atoms with van der Waals surface area (Å²) in [5, 5.41) is 4.42. The molecule has 3 aromatic carbocycles. The number of methoxy groups -OCH3 is 1. The summed E-state index contributed by atoms with van der Waals surface area (Å²) in [5.74, 6) is 0.120. The summed E-state index contributed by atoms with van der Waals surface area (Å²) in [5.41, 5.74) is 3.11. The molecule has 2 aliphatic heterocycles. The molecule has 2 N–H and O–H groups in total. The molecule has 6 rings (SSSR count). The van der Waals surface area contributed by atoms with Crippen LogP contribution >= 0.6 is 11.6 Å². The van der Waals surface area contributed by atoms with E-state index in [0.29, 0.717) is 29.2 Å². The molecule has 38 heavy (non-hydrogen) atoms. The molecule has 2 aliphatic rings. The number of aromatic amines is 1. The number of anilines is 1. The Kier molecular flexibility index (Phi) is 5.65. The smallest absolute Gasteiger partial charge is 0.332 e. The van der Waals surface area contributed by atoms with Gasteiger partial charge in [-0.3, -0.25) is 9.59 Å². The average Bonchev–Trinajstić information content (AvgIpc) is 3.40. The van der Waals surface area contributed by atoms with Crippen molar-refractivity contribution in [2.24, 2.45) is 0 Å². The van der Waals surface area contributed by atoms with Crippen molar-refractivity contribution in [2.75, 3.05) is 18.6 Å². The third kappa shape index (κ3) is 3.55. The van der Waals surface area contributed by atoms with Gasteiger partial charge in [0.2, 0.25) is 0 Å². The van der Waals surface area contributed by atoms with E-state index in [1.807, 2.05) is 36.4 Å². The third-order valence-corrected chi connectivity index (χ3v) is 7.92. The Hall–Kier alpha value is -4.30. The highest BCUT2D eigenvalue weighted by Gasteiger charge is 2.59. The molecule has 4 aromatic rings. The summed E-state index contributed by atoms with van der Waals surface area (Å²) in [6.07, 6.45) is 0.621. The van der Waals surface area contributed by atoms with Crippen LogP contribution < -0.4 is 15.0 Å². The number of benzene rings is 3. The number of hydrogen-bond donors (Lipinski definition) is 2. The fourth-order valence-corrected chi connectivity index (χ4v) is 5.66. The Morgan fingerprint density at radius 1 is 1.11 bits per heavy atom. The lowest BCUT2D eigenvalue weighted by molar-refractivity contribution is -0.125. The van der Waals surface area contributed by atoms with Crippen LogP contribution in [0.2, 0.25) is 5.02 Å². The molecule has 0 radical (unpaired) electrons. The van der Waals surface area contributed by atoms with Crippen molar-refractivity contribution in [3.63, 3.8) is 0 Å². The van der Waals surface area contributed by atoms with E-state index in [9.17, 15) is 14.4 Å². The first-order valence-corrected chi connectivity index (χ1v) is 12.7. The molecule has 3 heterocycles. The second kappa shape index (κ2) is 8.92. The summed E-state index contributed by atoms with van der Waals surface area (Å²) in [6.45, 7) is 2.49. The minimum Gasteiger partial charge on any atom is -0.497 e.